The molecule has 0 saturated heterocycles. The molecule has 3 aromatic rings. The Hall–Kier alpha value is -2.57. The number of rotatable bonds is 3. The minimum Gasteiger partial charge on any atom is -0.504 e. The first-order chi connectivity index (χ1) is 13.0. The molecule has 2 aromatic carbocycles. The summed E-state index contributed by atoms with van der Waals surface area (Å²) in [6, 6.07) is 12.0. The Morgan fingerprint density at radius 2 is 2.11 bits per heavy atom. The van der Waals surface area contributed by atoms with E-state index in [4.69, 9.17) is 4.74 Å². The van der Waals surface area contributed by atoms with Gasteiger partial charge in [0.05, 0.1) is 20.6 Å². The lowest BCUT2D eigenvalue weighted by molar-refractivity contribution is -0.849. The molecular weight excluding hydrogens is 360 g/mol. The number of carbonyl (C=O) groups is 1. The SMILES string of the molecule is C[NH+](C)CC(=O)N1CCOc2c(O)cc(-c3csc4ccccc34)cc2C1. The van der Waals surface area contributed by atoms with E-state index in [0.29, 0.717) is 32.0 Å². The smallest absolute Gasteiger partial charge is 0.278 e. The molecule has 140 valence electrons. The van der Waals surface area contributed by atoms with Crippen molar-refractivity contribution in [3.63, 3.8) is 0 Å². The van der Waals surface area contributed by atoms with Crippen LogP contribution < -0.4 is 9.64 Å². The second-order valence-corrected chi connectivity index (χ2v) is 8.09. The van der Waals surface area contributed by atoms with Crippen LogP contribution in [0.25, 0.3) is 21.2 Å². The number of amides is 1. The van der Waals surface area contributed by atoms with Crippen LogP contribution in [0.5, 0.6) is 11.5 Å². The number of hydrogen-bond acceptors (Lipinski definition) is 4. The number of fused-ring (bicyclic) bond motifs is 2. The zero-order valence-electron chi connectivity index (χ0n) is 15.5. The fourth-order valence-electron chi connectivity index (χ4n) is 3.48. The van der Waals surface area contributed by atoms with E-state index in [-0.39, 0.29) is 11.7 Å². The first-order valence-electron chi connectivity index (χ1n) is 9.05. The number of nitrogens with zero attached hydrogens (tertiary/aromatic N) is 1. The van der Waals surface area contributed by atoms with Gasteiger partial charge in [-0.2, -0.15) is 0 Å². The molecule has 1 amide bonds. The highest BCUT2D eigenvalue weighted by atomic mass is 32.1. The molecule has 0 spiro atoms. The molecular formula is C21H23N2O3S+. The Labute approximate surface area is 162 Å². The fraction of sp³-hybridized carbons (Fsp3) is 0.286. The van der Waals surface area contributed by atoms with E-state index >= 15 is 0 Å². The molecule has 0 bridgehead atoms. The van der Waals surface area contributed by atoms with E-state index in [0.717, 1.165) is 21.6 Å². The Balaban J connectivity index is 1.73. The van der Waals surface area contributed by atoms with Crippen LogP contribution in [-0.4, -0.2) is 49.7 Å². The number of carbonyl (C=O) groups excluding carboxylic acids is 1. The quantitative estimate of drug-likeness (QED) is 0.729. The van der Waals surface area contributed by atoms with Gasteiger partial charge in [-0.15, -0.1) is 11.3 Å². The van der Waals surface area contributed by atoms with Gasteiger partial charge in [0.2, 0.25) is 0 Å². The van der Waals surface area contributed by atoms with Crippen LogP contribution >= 0.6 is 11.3 Å². The third-order valence-electron chi connectivity index (χ3n) is 4.76. The normalized spacial score (nSPS) is 14.1. The second kappa shape index (κ2) is 7.21. The Bertz CT molecular complexity index is 996. The lowest BCUT2D eigenvalue weighted by atomic mass is 10.0. The van der Waals surface area contributed by atoms with E-state index in [9.17, 15) is 9.90 Å². The van der Waals surface area contributed by atoms with Crippen LogP contribution in [0.4, 0.5) is 0 Å². The van der Waals surface area contributed by atoms with Gasteiger partial charge in [0, 0.05) is 27.8 Å². The van der Waals surface area contributed by atoms with E-state index in [1.54, 1.807) is 17.4 Å². The standard InChI is InChI=1S/C21H22N2O3S/c1-22(2)12-20(25)23-7-8-26-21-15(11-23)9-14(10-18(21)24)17-13-27-19-6-4-3-5-16(17)19/h3-6,9-10,13,24H,7-8,11-12H2,1-2H3/p+1. The fourth-order valence-corrected chi connectivity index (χ4v) is 4.45. The molecule has 4 rings (SSSR count). The molecule has 1 aromatic heterocycles. The zero-order chi connectivity index (χ0) is 19.0. The van der Waals surface area contributed by atoms with Crippen LogP contribution in [-0.2, 0) is 11.3 Å². The lowest BCUT2D eigenvalue weighted by Gasteiger charge is -2.20. The molecule has 0 aliphatic carbocycles. The summed E-state index contributed by atoms with van der Waals surface area (Å²) in [5.41, 5.74) is 2.88. The van der Waals surface area contributed by atoms with Crippen LogP contribution in [0.3, 0.4) is 0 Å². The molecule has 0 radical (unpaired) electrons. The summed E-state index contributed by atoms with van der Waals surface area (Å²) in [7, 11) is 3.93. The second-order valence-electron chi connectivity index (χ2n) is 7.18. The van der Waals surface area contributed by atoms with Crippen molar-refractivity contribution in [3.05, 3.63) is 47.3 Å². The first-order valence-corrected chi connectivity index (χ1v) is 9.93. The van der Waals surface area contributed by atoms with Gasteiger partial charge in [0.15, 0.2) is 18.0 Å². The monoisotopic (exact) mass is 383 g/mol. The van der Waals surface area contributed by atoms with Crippen molar-refractivity contribution in [2.45, 2.75) is 6.54 Å². The summed E-state index contributed by atoms with van der Waals surface area (Å²) in [5.74, 6) is 0.716. The van der Waals surface area contributed by atoms with E-state index in [1.807, 2.05) is 37.2 Å². The zero-order valence-corrected chi connectivity index (χ0v) is 16.3. The van der Waals surface area contributed by atoms with E-state index in [1.165, 1.54) is 10.1 Å². The summed E-state index contributed by atoms with van der Waals surface area (Å²) in [5, 5.41) is 13.9. The number of nitrogens with one attached hydrogen (secondary N) is 1. The molecule has 5 nitrogen and oxygen atoms in total. The molecule has 1 aliphatic heterocycles. The van der Waals surface area contributed by atoms with Crippen molar-refractivity contribution in [1.82, 2.24) is 4.90 Å². The first kappa shape index (κ1) is 17.8. The number of likely N-dealkylation sites (N-methyl/N-ethyl adjacent to an activating group) is 1. The van der Waals surface area contributed by atoms with Crippen LogP contribution in [0, 0.1) is 0 Å². The van der Waals surface area contributed by atoms with E-state index in [2.05, 4.69) is 17.5 Å². The molecule has 2 heterocycles. The highest BCUT2D eigenvalue weighted by Gasteiger charge is 2.24. The van der Waals surface area contributed by atoms with Gasteiger partial charge in [0.1, 0.15) is 6.61 Å². The lowest BCUT2D eigenvalue weighted by Crippen LogP contribution is -3.07. The number of aromatic hydroxyl groups is 1. The Kier molecular flexibility index (Phi) is 4.76. The van der Waals surface area contributed by atoms with Crippen molar-refractivity contribution < 1.29 is 19.5 Å². The Morgan fingerprint density at radius 1 is 1.30 bits per heavy atom. The number of phenolic OH excluding ortho intramolecular Hbond substituents is 1. The molecule has 6 heteroatoms. The maximum Gasteiger partial charge on any atom is 0.278 e. The molecule has 0 saturated carbocycles. The average Bonchev–Trinajstić information content (AvgIpc) is 2.93. The topological polar surface area (TPSA) is 54.2 Å². The number of benzene rings is 2. The third-order valence-corrected chi connectivity index (χ3v) is 5.73. The van der Waals surface area contributed by atoms with Crippen molar-refractivity contribution in [2.24, 2.45) is 0 Å². The van der Waals surface area contributed by atoms with Crippen molar-refractivity contribution in [1.29, 1.82) is 0 Å². The number of quaternary nitrogens is 1. The molecule has 0 fully saturated rings. The summed E-state index contributed by atoms with van der Waals surface area (Å²) >= 11 is 1.69. The average molecular weight is 383 g/mol. The number of hydrogen-bond donors (Lipinski definition) is 2. The molecule has 1 aliphatic rings. The minimum absolute atomic E-state index is 0.0947. The van der Waals surface area contributed by atoms with Gasteiger partial charge in [-0.3, -0.25) is 4.79 Å². The number of thiophene rings is 1. The van der Waals surface area contributed by atoms with Gasteiger partial charge in [0.25, 0.3) is 5.91 Å². The Morgan fingerprint density at radius 3 is 2.93 bits per heavy atom. The van der Waals surface area contributed by atoms with Crippen molar-refractivity contribution >= 4 is 27.3 Å². The molecule has 0 unspecified atom stereocenters. The number of ether oxygens (including phenoxy) is 1. The van der Waals surface area contributed by atoms with Gasteiger partial charge in [-0.1, -0.05) is 18.2 Å². The van der Waals surface area contributed by atoms with Gasteiger partial charge >= 0.3 is 0 Å². The maximum atomic E-state index is 12.5. The van der Waals surface area contributed by atoms with Crippen molar-refractivity contribution in [3.8, 4) is 22.6 Å². The summed E-state index contributed by atoms with van der Waals surface area (Å²) in [6.07, 6.45) is 0. The van der Waals surface area contributed by atoms with Gasteiger partial charge in [-0.25, -0.2) is 0 Å². The predicted octanol–water partition coefficient (Wildman–Crippen LogP) is 2.14. The van der Waals surface area contributed by atoms with E-state index < -0.39 is 0 Å². The van der Waals surface area contributed by atoms with Crippen LogP contribution in [0.2, 0.25) is 0 Å². The number of phenols is 1. The molecule has 2 N–H and O–H groups in total. The van der Waals surface area contributed by atoms with Gasteiger partial charge in [-0.05, 0) is 29.1 Å². The summed E-state index contributed by atoms with van der Waals surface area (Å²) in [6.45, 7) is 1.80. The largest absolute Gasteiger partial charge is 0.504 e. The highest BCUT2D eigenvalue weighted by molar-refractivity contribution is 7.17. The van der Waals surface area contributed by atoms with Crippen LogP contribution in [0.15, 0.2) is 41.8 Å². The molecule has 27 heavy (non-hydrogen) atoms. The third kappa shape index (κ3) is 3.50. The highest BCUT2D eigenvalue weighted by Crippen LogP contribution is 2.41. The van der Waals surface area contributed by atoms with Crippen LogP contribution in [0.1, 0.15) is 5.56 Å². The molecule has 0 atom stereocenters. The van der Waals surface area contributed by atoms with Crippen molar-refractivity contribution in [2.75, 3.05) is 33.8 Å². The van der Waals surface area contributed by atoms with Gasteiger partial charge < -0.3 is 19.6 Å². The summed E-state index contributed by atoms with van der Waals surface area (Å²) in [4.78, 5) is 15.4. The minimum atomic E-state index is 0.0947. The predicted molar refractivity (Wildman–Crippen MR) is 108 cm³/mol. The summed E-state index contributed by atoms with van der Waals surface area (Å²) < 4.78 is 6.99. The maximum absolute atomic E-state index is 12.5.